The van der Waals surface area contributed by atoms with Crippen LogP contribution < -0.4 is 5.32 Å². The predicted molar refractivity (Wildman–Crippen MR) is 88.8 cm³/mol. The number of benzene rings is 1. The van der Waals surface area contributed by atoms with Gasteiger partial charge in [0.2, 0.25) is 0 Å². The van der Waals surface area contributed by atoms with Gasteiger partial charge in [0.15, 0.2) is 11.4 Å². The van der Waals surface area contributed by atoms with Crippen LogP contribution in [-0.2, 0) is 11.3 Å². The molecule has 124 valence electrons. The molecular weight excluding hydrogens is 308 g/mol. The van der Waals surface area contributed by atoms with Crippen LogP contribution in [0.4, 0.5) is 5.69 Å². The molecule has 0 aliphatic carbocycles. The van der Waals surface area contributed by atoms with Crippen LogP contribution in [0.2, 0.25) is 0 Å². The number of aromatic nitrogens is 2. The molecule has 0 unspecified atom stereocenters. The van der Waals surface area contributed by atoms with Gasteiger partial charge in [-0.3, -0.25) is 9.48 Å². The lowest BCUT2D eigenvalue weighted by Gasteiger charge is -2.06. The molecule has 1 N–H and O–H groups in total. The van der Waals surface area contributed by atoms with E-state index >= 15 is 0 Å². The van der Waals surface area contributed by atoms with E-state index in [1.54, 1.807) is 6.92 Å². The summed E-state index contributed by atoms with van der Waals surface area (Å²) in [6, 6.07) is 9.51. The van der Waals surface area contributed by atoms with Crippen LogP contribution in [0.15, 0.2) is 35.3 Å². The first kappa shape index (κ1) is 15.9. The number of nitrogens with zero attached hydrogens (tertiary/aromatic N) is 3. The number of fused-ring (bicyclic) bond motifs is 1. The quantitative estimate of drug-likeness (QED) is 0.870. The Morgan fingerprint density at radius 2 is 2.04 bits per heavy atom. The number of aliphatic imine (C=N–C) groups is 1. The Morgan fingerprint density at radius 3 is 2.71 bits per heavy atom. The first-order valence-electron chi connectivity index (χ1n) is 7.84. The normalized spacial score (nSPS) is 13.6. The molecular formula is C17H18N4O3. The van der Waals surface area contributed by atoms with Crippen molar-refractivity contribution in [2.24, 2.45) is 4.99 Å². The lowest BCUT2D eigenvalue weighted by atomic mass is 10.1. The maximum Gasteiger partial charge on any atom is 0.361 e. The fourth-order valence-corrected chi connectivity index (χ4v) is 2.57. The average molecular weight is 326 g/mol. The van der Waals surface area contributed by atoms with Crippen LogP contribution in [-0.4, -0.2) is 40.5 Å². The van der Waals surface area contributed by atoms with Gasteiger partial charge in [0, 0.05) is 6.54 Å². The molecule has 0 saturated carbocycles. The third kappa shape index (κ3) is 2.80. The second-order valence-corrected chi connectivity index (χ2v) is 5.19. The van der Waals surface area contributed by atoms with Gasteiger partial charge < -0.3 is 10.1 Å². The standard InChI is InChI=1S/C17H18N4O3/c1-3-21-15-13(14(20-21)17(23)24-4-2)19-12(10-18-16(15)22)11-8-6-5-7-9-11/h5-9H,3-4,10H2,1-2H3,(H,18,22). The molecule has 0 saturated heterocycles. The van der Waals surface area contributed by atoms with E-state index in [1.807, 2.05) is 37.3 Å². The predicted octanol–water partition coefficient (Wildman–Crippen LogP) is 1.94. The maximum atomic E-state index is 12.5. The number of nitrogens with one attached hydrogen (secondary N) is 1. The van der Waals surface area contributed by atoms with E-state index in [1.165, 1.54) is 4.68 Å². The smallest absolute Gasteiger partial charge is 0.361 e. The van der Waals surface area contributed by atoms with Crippen molar-refractivity contribution in [3.8, 4) is 0 Å². The lowest BCUT2D eigenvalue weighted by Crippen LogP contribution is -2.29. The number of hydrogen-bond acceptors (Lipinski definition) is 5. The summed E-state index contributed by atoms with van der Waals surface area (Å²) >= 11 is 0. The molecule has 2 aromatic rings. The van der Waals surface area contributed by atoms with Gasteiger partial charge >= 0.3 is 5.97 Å². The Balaban J connectivity index is 2.17. The first-order valence-corrected chi connectivity index (χ1v) is 7.84. The minimum Gasteiger partial charge on any atom is -0.461 e. The molecule has 24 heavy (non-hydrogen) atoms. The zero-order chi connectivity index (χ0) is 17.1. The molecule has 0 fully saturated rings. The summed E-state index contributed by atoms with van der Waals surface area (Å²) in [6.07, 6.45) is 0. The number of esters is 1. The van der Waals surface area contributed by atoms with Gasteiger partial charge in [-0.05, 0) is 19.4 Å². The van der Waals surface area contributed by atoms with E-state index in [-0.39, 0.29) is 36.1 Å². The van der Waals surface area contributed by atoms with Crippen LogP contribution in [0, 0.1) is 0 Å². The highest BCUT2D eigenvalue weighted by Gasteiger charge is 2.30. The van der Waals surface area contributed by atoms with Crippen molar-refractivity contribution in [2.45, 2.75) is 20.4 Å². The molecule has 2 heterocycles. The number of amides is 1. The number of rotatable bonds is 4. The molecule has 1 aromatic heterocycles. The highest BCUT2D eigenvalue weighted by atomic mass is 16.5. The number of carbonyl (C=O) groups excluding carboxylic acids is 2. The summed E-state index contributed by atoms with van der Waals surface area (Å²) in [7, 11) is 0. The molecule has 0 atom stereocenters. The van der Waals surface area contributed by atoms with Gasteiger partial charge in [0.25, 0.3) is 5.91 Å². The van der Waals surface area contributed by atoms with Gasteiger partial charge in [-0.15, -0.1) is 0 Å². The van der Waals surface area contributed by atoms with Crippen molar-refractivity contribution in [1.82, 2.24) is 15.1 Å². The van der Waals surface area contributed by atoms with Crippen molar-refractivity contribution in [3.05, 3.63) is 47.3 Å². The Kier molecular flexibility index (Phi) is 4.41. The average Bonchev–Trinajstić information content (AvgIpc) is 2.88. The van der Waals surface area contributed by atoms with Crippen LogP contribution >= 0.6 is 0 Å². The van der Waals surface area contributed by atoms with E-state index in [0.717, 1.165) is 5.56 Å². The highest BCUT2D eigenvalue weighted by Crippen LogP contribution is 2.28. The van der Waals surface area contributed by atoms with E-state index in [0.29, 0.717) is 12.3 Å². The molecule has 1 amide bonds. The second-order valence-electron chi connectivity index (χ2n) is 5.19. The summed E-state index contributed by atoms with van der Waals surface area (Å²) in [4.78, 5) is 29.2. The molecule has 1 aliphatic rings. The highest BCUT2D eigenvalue weighted by molar-refractivity contribution is 6.12. The molecule has 3 rings (SSSR count). The number of hydrogen-bond donors (Lipinski definition) is 1. The minimum absolute atomic E-state index is 0.0687. The van der Waals surface area contributed by atoms with Crippen molar-refractivity contribution in [1.29, 1.82) is 0 Å². The maximum absolute atomic E-state index is 12.5. The van der Waals surface area contributed by atoms with Gasteiger partial charge in [-0.1, -0.05) is 30.3 Å². The third-order valence-electron chi connectivity index (χ3n) is 3.68. The topological polar surface area (TPSA) is 85.6 Å². The minimum atomic E-state index is -0.577. The van der Waals surface area contributed by atoms with Crippen LogP contribution in [0.1, 0.15) is 40.4 Å². The van der Waals surface area contributed by atoms with Crippen molar-refractivity contribution >= 4 is 23.3 Å². The van der Waals surface area contributed by atoms with Crippen molar-refractivity contribution in [3.63, 3.8) is 0 Å². The van der Waals surface area contributed by atoms with Crippen LogP contribution in [0.3, 0.4) is 0 Å². The molecule has 0 radical (unpaired) electrons. The third-order valence-corrected chi connectivity index (χ3v) is 3.68. The Hall–Kier alpha value is -2.96. The summed E-state index contributed by atoms with van der Waals surface area (Å²) in [5.41, 5.74) is 2.17. The molecule has 1 aromatic carbocycles. The Labute approximate surface area is 139 Å². The Morgan fingerprint density at radius 1 is 1.29 bits per heavy atom. The SMILES string of the molecule is CCOC(=O)c1nn(CC)c2c1N=C(c1ccccc1)CNC2=O. The van der Waals surface area contributed by atoms with E-state index in [4.69, 9.17) is 4.74 Å². The van der Waals surface area contributed by atoms with Crippen molar-refractivity contribution in [2.75, 3.05) is 13.2 Å². The second kappa shape index (κ2) is 6.66. The van der Waals surface area contributed by atoms with Gasteiger partial charge in [-0.25, -0.2) is 9.79 Å². The number of aryl methyl sites for hydroxylation is 1. The van der Waals surface area contributed by atoms with E-state index < -0.39 is 5.97 Å². The number of ether oxygens (including phenoxy) is 1. The fourth-order valence-electron chi connectivity index (χ4n) is 2.57. The molecule has 0 bridgehead atoms. The first-order chi connectivity index (χ1) is 11.7. The van der Waals surface area contributed by atoms with E-state index in [9.17, 15) is 9.59 Å². The monoisotopic (exact) mass is 326 g/mol. The molecule has 0 spiro atoms. The van der Waals surface area contributed by atoms with Gasteiger partial charge in [0.05, 0.1) is 18.9 Å². The summed E-state index contributed by atoms with van der Waals surface area (Å²) < 4.78 is 6.53. The molecule has 7 nitrogen and oxygen atoms in total. The van der Waals surface area contributed by atoms with Crippen LogP contribution in [0.25, 0.3) is 0 Å². The summed E-state index contributed by atoms with van der Waals surface area (Å²) in [5.74, 6) is -0.878. The van der Waals surface area contributed by atoms with Gasteiger partial charge in [0.1, 0.15) is 5.69 Å². The molecule has 7 heteroatoms. The van der Waals surface area contributed by atoms with Crippen LogP contribution in [0.5, 0.6) is 0 Å². The van der Waals surface area contributed by atoms with E-state index in [2.05, 4.69) is 15.4 Å². The fraction of sp³-hybridized carbons (Fsp3) is 0.294. The zero-order valence-electron chi connectivity index (χ0n) is 13.6. The Bertz CT molecular complexity index is 809. The number of carbonyl (C=O) groups is 2. The summed E-state index contributed by atoms with van der Waals surface area (Å²) in [6.45, 7) is 4.53. The van der Waals surface area contributed by atoms with Crippen molar-refractivity contribution < 1.29 is 14.3 Å². The molecule has 1 aliphatic heterocycles. The largest absolute Gasteiger partial charge is 0.461 e. The zero-order valence-corrected chi connectivity index (χ0v) is 13.6. The summed E-state index contributed by atoms with van der Waals surface area (Å²) in [5, 5.41) is 7.05. The lowest BCUT2D eigenvalue weighted by molar-refractivity contribution is 0.0519. The van der Waals surface area contributed by atoms with Gasteiger partial charge in [-0.2, -0.15) is 5.10 Å².